The number of rotatable bonds is 4. The van der Waals surface area contributed by atoms with E-state index in [2.05, 4.69) is 10.2 Å². The normalized spacial score (nSPS) is 25.5. The number of likely N-dealkylation sites (tertiary alicyclic amines) is 1. The first kappa shape index (κ1) is 17.1. The first-order valence-corrected chi connectivity index (χ1v) is 9.13. The van der Waals surface area contributed by atoms with E-state index in [1.54, 1.807) is 18.3 Å². The molecule has 136 valence electrons. The van der Waals surface area contributed by atoms with Crippen molar-refractivity contribution < 1.29 is 14.3 Å². The molecular weight excluding hydrogens is 330 g/mol. The zero-order valence-corrected chi connectivity index (χ0v) is 14.7. The zero-order valence-electron chi connectivity index (χ0n) is 14.7. The van der Waals surface area contributed by atoms with Gasteiger partial charge in [-0.05, 0) is 37.0 Å². The second-order valence-corrected chi connectivity index (χ2v) is 6.91. The average Bonchev–Trinajstić information content (AvgIpc) is 3.17. The summed E-state index contributed by atoms with van der Waals surface area (Å²) >= 11 is 0. The number of carbonyl (C=O) groups is 1. The summed E-state index contributed by atoms with van der Waals surface area (Å²) in [5, 5.41) is 7.76. The van der Waals surface area contributed by atoms with Crippen LogP contribution in [0.3, 0.4) is 0 Å². The first-order chi connectivity index (χ1) is 12.8. The topological polar surface area (TPSA) is 64.6 Å². The second-order valence-electron chi connectivity index (χ2n) is 6.91. The van der Waals surface area contributed by atoms with Gasteiger partial charge in [0.1, 0.15) is 6.10 Å². The van der Waals surface area contributed by atoms with Gasteiger partial charge in [0.05, 0.1) is 18.8 Å². The van der Waals surface area contributed by atoms with Crippen molar-refractivity contribution in [2.45, 2.75) is 37.6 Å². The molecule has 26 heavy (non-hydrogen) atoms. The SMILES string of the molecule is O=C(c1cccnn1)N1CC[C@@]2(CCCO2)[C@@H](OCc2ccccc2)C1. The molecule has 2 fully saturated rings. The lowest BCUT2D eigenvalue weighted by Gasteiger charge is -2.44. The van der Waals surface area contributed by atoms with Gasteiger partial charge in [-0.1, -0.05) is 30.3 Å². The van der Waals surface area contributed by atoms with Crippen molar-refractivity contribution >= 4 is 5.91 Å². The number of ether oxygens (including phenoxy) is 2. The van der Waals surface area contributed by atoms with Crippen LogP contribution >= 0.6 is 0 Å². The fourth-order valence-corrected chi connectivity index (χ4v) is 3.85. The molecule has 2 atom stereocenters. The lowest BCUT2D eigenvalue weighted by atomic mass is 9.85. The van der Waals surface area contributed by atoms with Gasteiger partial charge in [0, 0.05) is 19.3 Å². The Morgan fingerprint density at radius 2 is 2.12 bits per heavy atom. The minimum atomic E-state index is -0.270. The molecule has 0 radical (unpaired) electrons. The van der Waals surface area contributed by atoms with Crippen LogP contribution in [-0.4, -0.2) is 52.4 Å². The van der Waals surface area contributed by atoms with Crippen molar-refractivity contribution in [2.24, 2.45) is 0 Å². The smallest absolute Gasteiger partial charge is 0.274 e. The van der Waals surface area contributed by atoms with E-state index in [9.17, 15) is 4.79 Å². The van der Waals surface area contributed by atoms with Gasteiger partial charge in [-0.3, -0.25) is 4.79 Å². The van der Waals surface area contributed by atoms with Crippen molar-refractivity contribution in [2.75, 3.05) is 19.7 Å². The number of aromatic nitrogens is 2. The Balaban J connectivity index is 1.48. The molecule has 1 aromatic heterocycles. The van der Waals surface area contributed by atoms with Crippen molar-refractivity contribution in [1.82, 2.24) is 15.1 Å². The molecule has 0 bridgehead atoms. The predicted molar refractivity (Wildman–Crippen MR) is 95.5 cm³/mol. The molecule has 3 heterocycles. The fourth-order valence-electron chi connectivity index (χ4n) is 3.85. The van der Waals surface area contributed by atoms with Crippen molar-refractivity contribution in [3.63, 3.8) is 0 Å². The van der Waals surface area contributed by atoms with Gasteiger partial charge >= 0.3 is 0 Å². The monoisotopic (exact) mass is 353 g/mol. The average molecular weight is 353 g/mol. The molecule has 0 saturated carbocycles. The van der Waals surface area contributed by atoms with Crippen LogP contribution in [0.4, 0.5) is 0 Å². The molecule has 2 aromatic rings. The summed E-state index contributed by atoms with van der Waals surface area (Å²) in [5.41, 5.74) is 1.23. The molecule has 0 N–H and O–H groups in total. The van der Waals surface area contributed by atoms with Crippen LogP contribution in [0.2, 0.25) is 0 Å². The predicted octanol–water partition coefficient (Wildman–Crippen LogP) is 2.46. The van der Waals surface area contributed by atoms with Crippen LogP contribution in [0.25, 0.3) is 0 Å². The minimum Gasteiger partial charge on any atom is -0.372 e. The Morgan fingerprint density at radius 1 is 1.23 bits per heavy atom. The lowest BCUT2D eigenvalue weighted by molar-refractivity contribution is -0.153. The number of piperidine rings is 1. The molecule has 1 spiro atoms. The molecule has 6 heteroatoms. The van der Waals surface area contributed by atoms with E-state index in [1.165, 1.54) is 0 Å². The zero-order chi connectivity index (χ0) is 17.8. The van der Waals surface area contributed by atoms with Crippen LogP contribution < -0.4 is 0 Å². The van der Waals surface area contributed by atoms with E-state index < -0.39 is 0 Å². The van der Waals surface area contributed by atoms with Crippen LogP contribution in [0, 0.1) is 0 Å². The molecular formula is C20H23N3O3. The highest BCUT2D eigenvalue weighted by Gasteiger charge is 2.48. The largest absolute Gasteiger partial charge is 0.372 e. The van der Waals surface area contributed by atoms with Gasteiger partial charge in [0.15, 0.2) is 5.69 Å². The lowest BCUT2D eigenvalue weighted by Crippen LogP contribution is -2.57. The van der Waals surface area contributed by atoms with Crippen molar-refractivity contribution in [3.8, 4) is 0 Å². The van der Waals surface area contributed by atoms with E-state index in [-0.39, 0.29) is 17.6 Å². The number of amides is 1. The van der Waals surface area contributed by atoms with Gasteiger partial charge in [0.2, 0.25) is 0 Å². The van der Waals surface area contributed by atoms with E-state index in [1.807, 2.05) is 35.2 Å². The Labute approximate surface area is 153 Å². The molecule has 2 aliphatic heterocycles. The molecule has 1 aromatic carbocycles. The second kappa shape index (κ2) is 7.51. The Bertz CT molecular complexity index is 732. The van der Waals surface area contributed by atoms with Crippen molar-refractivity contribution in [3.05, 3.63) is 59.9 Å². The third kappa shape index (κ3) is 3.48. The highest BCUT2D eigenvalue weighted by Crippen LogP contribution is 2.38. The van der Waals surface area contributed by atoms with Crippen LogP contribution in [0.15, 0.2) is 48.7 Å². The van der Waals surface area contributed by atoms with Gasteiger partial charge < -0.3 is 14.4 Å². The summed E-state index contributed by atoms with van der Waals surface area (Å²) in [6.07, 6.45) is 4.25. The van der Waals surface area contributed by atoms with E-state index >= 15 is 0 Å². The summed E-state index contributed by atoms with van der Waals surface area (Å²) in [4.78, 5) is 14.6. The maximum Gasteiger partial charge on any atom is 0.274 e. The molecule has 4 rings (SSSR count). The highest BCUT2D eigenvalue weighted by atomic mass is 16.6. The molecule has 0 unspecified atom stereocenters. The first-order valence-electron chi connectivity index (χ1n) is 9.13. The van der Waals surface area contributed by atoms with Gasteiger partial charge in [0.25, 0.3) is 5.91 Å². The molecule has 0 aliphatic carbocycles. The maximum atomic E-state index is 12.7. The highest BCUT2D eigenvalue weighted by molar-refractivity contribution is 5.92. The molecule has 1 amide bonds. The maximum absolute atomic E-state index is 12.7. The standard InChI is InChI=1S/C20H23N3O3/c24-19(17-8-4-11-21-22-17)23-12-10-20(9-5-13-26-20)18(14-23)25-15-16-6-2-1-3-7-16/h1-4,6-8,11,18H,5,9-10,12-15H2/t18-,20-/m0/s1. The molecule has 2 saturated heterocycles. The van der Waals surface area contributed by atoms with Gasteiger partial charge in [-0.15, -0.1) is 5.10 Å². The van der Waals surface area contributed by atoms with Gasteiger partial charge in [-0.2, -0.15) is 5.10 Å². The van der Waals surface area contributed by atoms with Crippen LogP contribution in [0.5, 0.6) is 0 Å². The Hall–Kier alpha value is -2.31. The van der Waals surface area contributed by atoms with E-state index in [0.717, 1.165) is 31.4 Å². The Kier molecular flexibility index (Phi) is 4.95. The third-order valence-electron chi connectivity index (χ3n) is 5.28. The summed E-state index contributed by atoms with van der Waals surface area (Å²) in [6, 6.07) is 13.5. The summed E-state index contributed by atoms with van der Waals surface area (Å²) in [5.74, 6) is -0.0979. The summed E-state index contributed by atoms with van der Waals surface area (Å²) < 4.78 is 12.4. The Morgan fingerprint density at radius 3 is 2.85 bits per heavy atom. The number of carbonyl (C=O) groups excluding carboxylic acids is 1. The van der Waals surface area contributed by atoms with E-state index in [0.29, 0.717) is 25.4 Å². The van der Waals surface area contributed by atoms with Crippen molar-refractivity contribution in [1.29, 1.82) is 0 Å². The number of benzene rings is 1. The van der Waals surface area contributed by atoms with E-state index in [4.69, 9.17) is 9.47 Å². The number of nitrogens with zero attached hydrogens (tertiary/aromatic N) is 3. The fraction of sp³-hybridized carbons (Fsp3) is 0.450. The number of hydrogen-bond acceptors (Lipinski definition) is 5. The third-order valence-corrected chi connectivity index (χ3v) is 5.28. The minimum absolute atomic E-state index is 0.0979. The summed E-state index contributed by atoms with van der Waals surface area (Å²) in [6.45, 7) is 2.45. The van der Waals surface area contributed by atoms with Gasteiger partial charge in [-0.25, -0.2) is 0 Å². The quantitative estimate of drug-likeness (QED) is 0.845. The summed E-state index contributed by atoms with van der Waals surface area (Å²) in [7, 11) is 0. The van der Waals surface area contributed by atoms with Crippen LogP contribution in [0.1, 0.15) is 35.3 Å². The number of hydrogen-bond donors (Lipinski definition) is 0. The van der Waals surface area contributed by atoms with Crippen LogP contribution in [-0.2, 0) is 16.1 Å². The molecule has 6 nitrogen and oxygen atoms in total. The molecule has 2 aliphatic rings.